The van der Waals surface area contributed by atoms with Crippen molar-refractivity contribution in [2.75, 3.05) is 18.0 Å². The molecule has 4 heteroatoms. The Balaban J connectivity index is 2.14. The molecular weight excluding hydrogens is 228 g/mol. The SMILES string of the molecule is CC(=O)NC1CCN(c2ccc(C)cc2C=O)C1. The van der Waals surface area contributed by atoms with Crippen molar-refractivity contribution in [3.63, 3.8) is 0 Å². The molecule has 0 radical (unpaired) electrons. The van der Waals surface area contributed by atoms with Crippen LogP contribution in [0.25, 0.3) is 0 Å². The van der Waals surface area contributed by atoms with E-state index in [-0.39, 0.29) is 11.9 Å². The molecule has 1 saturated heterocycles. The summed E-state index contributed by atoms with van der Waals surface area (Å²) in [6.45, 7) is 5.14. The van der Waals surface area contributed by atoms with Gasteiger partial charge in [0.15, 0.2) is 6.29 Å². The fraction of sp³-hybridized carbons (Fsp3) is 0.429. The second-order valence-corrected chi connectivity index (χ2v) is 4.81. The van der Waals surface area contributed by atoms with Crippen molar-refractivity contribution in [1.82, 2.24) is 5.32 Å². The van der Waals surface area contributed by atoms with Crippen LogP contribution in [0.2, 0.25) is 0 Å². The summed E-state index contributed by atoms with van der Waals surface area (Å²) in [6, 6.07) is 6.07. The van der Waals surface area contributed by atoms with Crippen molar-refractivity contribution in [2.24, 2.45) is 0 Å². The number of hydrogen-bond acceptors (Lipinski definition) is 3. The van der Waals surface area contributed by atoms with E-state index in [9.17, 15) is 9.59 Å². The lowest BCUT2D eigenvalue weighted by atomic mass is 10.1. The highest BCUT2D eigenvalue weighted by atomic mass is 16.1. The van der Waals surface area contributed by atoms with E-state index < -0.39 is 0 Å². The Labute approximate surface area is 107 Å². The van der Waals surface area contributed by atoms with Gasteiger partial charge in [-0.3, -0.25) is 9.59 Å². The number of aldehydes is 1. The molecule has 2 rings (SSSR count). The zero-order valence-corrected chi connectivity index (χ0v) is 10.8. The van der Waals surface area contributed by atoms with E-state index in [0.29, 0.717) is 0 Å². The second kappa shape index (κ2) is 5.21. The van der Waals surface area contributed by atoms with E-state index in [1.54, 1.807) is 0 Å². The van der Waals surface area contributed by atoms with Crippen LogP contribution in [-0.4, -0.2) is 31.3 Å². The first-order valence-corrected chi connectivity index (χ1v) is 6.18. The molecule has 0 saturated carbocycles. The van der Waals surface area contributed by atoms with Crippen molar-refractivity contribution < 1.29 is 9.59 Å². The van der Waals surface area contributed by atoms with Gasteiger partial charge >= 0.3 is 0 Å². The summed E-state index contributed by atoms with van der Waals surface area (Å²) in [7, 11) is 0. The molecule has 1 aliphatic rings. The predicted molar refractivity (Wildman–Crippen MR) is 71.0 cm³/mol. The lowest BCUT2D eigenvalue weighted by molar-refractivity contribution is -0.119. The number of benzene rings is 1. The highest BCUT2D eigenvalue weighted by Crippen LogP contribution is 2.24. The molecule has 1 amide bonds. The number of carbonyl (C=O) groups excluding carboxylic acids is 2. The van der Waals surface area contributed by atoms with Crippen LogP contribution in [0.3, 0.4) is 0 Å². The number of anilines is 1. The Morgan fingerprint density at radius 1 is 1.50 bits per heavy atom. The summed E-state index contributed by atoms with van der Waals surface area (Å²) in [4.78, 5) is 24.3. The van der Waals surface area contributed by atoms with E-state index >= 15 is 0 Å². The van der Waals surface area contributed by atoms with Crippen molar-refractivity contribution in [3.8, 4) is 0 Å². The molecule has 0 aliphatic carbocycles. The van der Waals surface area contributed by atoms with Crippen LogP contribution in [0.15, 0.2) is 18.2 Å². The maximum absolute atomic E-state index is 11.1. The van der Waals surface area contributed by atoms with E-state index in [0.717, 1.165) is 42.6 Å². The zero-order valence-electron chi connectivity index (χ0n) is 10.8. The molecule has 1 heterocycles. The first-order valence-electron chi connectivity index (χ1n) is 6.18. The van der Waals surface area contributed by atoms with Gasteiger partial charge in [-0.25, -0.2) is 0 Å². The third kappa shape index (κ3) is 2.70. The number of amides is 1. The summed E-state index contributed by atoms with van der Waals surface area (Å²) in [5.74, 6) is 0.00127. The molecule has 0 spiro atoms. The maximum atomic E-state index is 11.1. The normalized spacial score (nSPS) is 18.8. The minimum absolute atomic E-state index is 0.00127. The third-order valence-electron chi connectivity index (χ3n) is 3.25. The predicted octanol–water partition coefficient (Wildman–Crippen LogP) is 1.52. The average molecular weight is 246 g/mol. The first kappa shape index (κ1) is 12.6. The molecule has 1 aliphatic heterocycles. The van der Waals surface area contributed by atoms with Gasteiger partial charge in [0, 0.05) is 37.3 Å². The van der Waals surface area contributed by atoms with Gasteiger partial charge in [0.2, 0.25) is 5.91 Å². The molecule has 1 fully saturated rings. The Kier molecular flexibility index (Phi) is 3.65. The molecule has 18 heavy (non-hydrogen) atoms. The second-order valence-electron chi connectivity index (χ2n) is 4.81. The minimum Gasteiger partial charge on any atom is -0.369 e. The Hall–Kier alpha value is -1.84. The molecule has 1 aromatic rings. The van der Waals surface area contributed by atoms with Crippen LogP contribution in [0.1, 0.15) is 29.3 Å². The fourth-order valence-corrected chi connectivity index (χ4v) is 2.44. The molecule has 1 unspecified atom stereocenters. The zero-order chi connectivity index (χ0) is 13.1. The van der Waals surface area contributed by atoms with Gasteiger partial charge in [-0.1, -0.05) is 11.6 Å². The van der Waals surface area contributed by atoms with Gasteiger partial charge in [0.05, 0.1) is 0 Å². The molecule has 1 aromatic carbocycles. The van der Waals surface area contributed by atoms with Crippen LogP contribution in [0.5, 0.6) is 0 Å². The van der Waals surface area contributed by atoms with Crippen molar-refractivity contribution in [2.45, 2.75) is 26.3 Å². The Morgan fingerprint density at radius 2 is 2.28 bits per heavy atom. The van der Waals surface area contributed by atoms with Crippen molar-refractivity contribution in [3.05, 3.63) is 29.3 Å². The van der Waals surface area contributed by atoms with Gasteiger partial charge in [-0.15, -0.1) is 0 Å². The molecular formula is C14H18N2O2. The van der Waals surface area contributed by atoms with E-state index in [4.69, 9.17) is 0 Å². The van der Waals surface area contributed by atoms with Crippen molar-refractivity contribution in [1.29, 1.82) is 0 Å². The highest BCUT2D eigenvalue weighted by molar-refractivity contribution is 5.85. The average Bonchev–Trinajstić information content (AvgIpc) is 2.76. The van der Waals surface area contributed by atoms with E-state index in [1.165, 1.54) is 6.92 Å². The molecule has 0 aromatic heterocycles. The van der Waals surface area contributed by atoms with Gasteiger partial charge < -0.3 is 10.2 Å². The summed E-state index contributed by atoms with van der Waals surface area (Å²) < 4.78 is 0. The van der Waals surface area contributed by atoms with Crippen LogP contribution in [0.4, 0.5) is 5.69 Å². The minimum atomic E-state index is 0.00127. The number of nitrogens with one attached hydrogen (secondary N) is 1. The number of hydrogen-bond donors (Lipinski definition) is 1. The summed E-state index contributed by atoms with van der Waals surface area (Å²) in [5, 5.41) is 2.92. The van der Waals surface area contributed by atoms with Gasteiger partial charge in [-0.2, -0.15) is 0 Å². The Morgan fingerprint density at radius 3 is 2.94 bits per heavy atom. The van der Waals surface area contributed by atoms with Crippen LogP contribution in [0, 0.1) is 6.92 Å². The number of rotatable bonds is 3. The largest absolute Gasteiger partial charge is 0.369 e. The lowest BCUT2D eigenvalue weighted by Crippen LogP contribution is -2.35. The maximum Gasteiger partial charge on any atom is 0.217 e. The fourth-order valence-electron chi connectivity index (χ4n) is 2.44. The monoisotopic (exact) mass is 246 g/mol. The summed E-state index contributed by atoms with van der Waals surface area (Å²) >= 11 is 0. The summed E-state index contributed by atoms with van der Waals surface area (Å²) in [6.07, 6.45) is 1.82. The molecule has 1 N–H and O–H groups in total. The van der Waals surface area contributed by atoms with E-state index in [2.05, 4.69) is 10.2 Å². The van der Waals surface area contributed by atoms with Gasteiger partial charge in [-0.05, 0) is 25.5 Å². The van der Waals surface area contributed by atoms with E-state index in [1.807, 2.05) is 25.1 Å². The molecule has 96 valence electrons. The van der Waals surface area contributed by atoms with Crippen LogP contribution >= 0.6 is 0 Å². The smallest absolute Gasteiger partial charge is 0.217 e. The highest BCUT2D eigenvalue weighted by Gasteiger charge is 2.24. The third-order valence-corrected chi connectivity index (χ3v) is 3.25. The number of carbonyl (C=O) groups is 2. The van der Waals surface area contributed by atoms with Crippen LogP contribution < -0.4 is 10.2 Å². The van der Waals surface area contributed by atoms with Gasteiger partial charge in [0.1, 0.15) is 0 Å². The molecule has 0 bridgehead atoms. The number of nitrogens with zero attached hydrogens (tertiary/aromatic N) is 1. The number of aryl methyl sites for hydroxylation is 1. The quantitative estimate of drug-likeness (QED) is 0.823. The first-order chi connectivity index (χ1) is 8.60. The molecule has 4 nitrogen and oxygen atoms in total. The van der Waals surface area contributed by atoms with Crippen LogP contribution in [-0.2, 0) is 4.79 Å². The summed E-state index contributed by atoms with van der Waals surface area (Å²) in [5.41, 5.74) is 2.76. The Bertz CT molecular complexity index is 471. The lowest BCUT2D eigenvalue weighted by Gasteiger charge is -2.20. The van der Waals surface area contributed by atoms with Gasteiger partial charge in [0.25, 0.3) is 0 Å². The van der Waals surface area contributed by atoms with Crippen molar-refractivity contribution >= 4 is 17.9 Å². The molecule has 1 atom stereocenters. The standard InChI is InChI=1S/C14H18N2O2/c1-10-3-4-14(12(7-10)9-17)16-6-5-13(8-16)15-11(2)18/h3-4,7,9,13H,5-6,8H2,1-2H3,(H,15,18). The topological polar surface area (TPSA) is 49.4 Å².